The molecular formula is C8H17KO3P-. The molecule has 0 aliphatic rings. The van der Waals surface area contributed by atoms with Crippen LogP contribution >= 0.6 is 7.60 Å². The zero-order valence-electron chi connectivity index (χ0n) is 8.62. The molecule has 74 valence electrons. The van der Waals surface area contributed by atoms with Crippen molar-refractivity contribution in [2.24, 2.45) is 0 Å². The maximum atomic E-state index is 10.2. The quantitative estimate of drug-likeness (QED) is 0.297. The summed E-state index contributed by atoms with van der Waals surface area (Å²) >= 11 is 0. The Morgan fingerprint density at radius 1 is 1.00 bits per heavy atom. The van der Waals surface area contributed by atoms with Crippen LogP contribution in [-0.2, 0) is 4.57 Å². The van der Waals surface area contributed by atoms with Gasteiger partial charge in [0.2, 0.25) is 0 Å². The summed E-state index contributed by atoms with van der Waals surface area (Å²) in [6.07, 6.45) is 5.82. The number of unbranched alkanes of at least 4 members (excludes halogenated alkanes) is 5. The van der Waals surface area contributed by atoms with Gasteiger partial charge in [-0.25, -0.2) is 0 Å². The van der Waals surface area contributed by atoms with Gasteiger partial charge < -0.3 is 14.4 Å². The molecule has 0 aromatic carbocycles. The molecule has 0 heterocycles. The maximum absolute atomic E-state index is 10.2. The molecule has 0 atom stereocenters. The second-order valence-electron chi connectivity index (χ2n) is 3.10. The van der Waals surface area contributed by atoms with Gasteiger partial charge in [0.15, 0.2) is 0 Å². The Morgan fingerprint density at radius 2 is 1.46 bits per heavy atom. The summed E-state index contributed by atoms with van der Waals surface area (Å²) in [5.74, 6) is 0. The van der Waals surface area contributed by atoms with Crippen molar-refractivity contribution in [1.82, 2.24) is 0 Å². The van der Waals surface area contributed by atoms with Gasteiger partial charge in [0.05, 0.1) is 0 Å². The minimum absolute atomic E-state index is 0. The van der Waals surface area contributed by atoms with Crippen molar-refractivity contribution in [3.8, 4) is 0 Å². The Bertz CT molecular complexity index is 146. The molecule has 0 saturated carbocycles. The van der Waals surface area contributed by atoms with E-state index in [0.29, 0.717) is 6.42 Å². The molecule has 3 nitrogen and oxygen atoms in total. The second-order valence-corrected chi connectivity index (χ2v) is 4.77. The van der Waals surface area contributed by atoms with Gasteiger partial charge in [0.25, 0.3) is 0 Å². The van der Waals surface area contributed by atoms with Gasteiger partial charge in [-0.15, -0.1) is 0 Å². The molecule has 5 heteroatoms. The van der Waals surface area contributed by atoms with Crippen molar-refractivity contribution < 1.29 is 65.7 Å². The third kappa shape index (κ3) is 16.5. The van der Waals surface area contributed by atoms with Crippen molar-refractivity contribution in [3.63, 3.8) is 0 Å². The average molecular weight is 231 g/mol. The van der Waals surface area contributed by atoms with Gasteiger partial charge in [-0.2, -0.15) is 0 Å². The number of rotatable bonds is 7. The fraction of sp³-hybridized carbons (Fsp3) is 1.00. The standard InChI is InChI=1S/C8H19O3P.K/c1-2-3-4-5-6-7-8-12(9,10)11;/h2-8H2,1H3,(H2,9,10,11);/q;+1/p-2. The molecule has 0 rings (SSSR count). The minimum Gasteiger partial charge on any atom is -0.811 e. The molecule has 0 radical (unpaired) electrons. The number of hydrogen-bond acceptors (Lipinski definition) is 3. The molecule has 0 aromatic heterocycles. The fourth-order valence-corrected chi connectivity index (χ4v) is 1.70. The average Bonchev–Trinajstić information content (AvgIpc) is 1.94. The van der Waals surface area contributed by atoms with Crippen LogP contribution in [0.2, 0.25) is 0 Å². The van der Waals surface area contributed by atoms with Gasteiger partial charge >= 0.3 is 51.4 Å². The van der Waals surface area contributed by atoms with Gasteiger partial charge in [-0.05, 0) is 12.6 Å². The fourth-order valence-electron chi connectivity index (χ4n) is 1.09. The van der Waals surface area contributed by atoms with E-state index in [-0.39, 0.29) is 57.5 Å². The predicted octanol–water partition coefficient (Wildman–Crippen LogP) is -1.74. The van der Waals surface area contributed by atoms with Crippen LogP contribution in [0, 0.1) is 0 Å². The van der Waals surface area contributed by atoms with Crippen molar-refractivity contribution in [2.75, 3.05) is 6.16 Å². The van der Waals surface area contributed by atoms with E-state index >= 15 is 0 Å². The molecule has 0 saturated heterocycles. The molecule has 0 bridgehead atoms. The Kier molecular flexibility index (Phi) is 13.6. The molecule has 0 aliphatic heterocycles. The van der Waals surface area contributed by atoms with Crippen LogP contribution in [0.25, 0.3) is 0 Å². The van der Waals surface area contributed by atoms with Crippen LogP contribution in [0.15, 0.2) is 0 Å². The SMILES string of the molecule is CCCCCCCCP(=O)([O-])[O-].[K+]. The van der Waals surface area contributed by atoms with Crippen LogP contribution in [-0.4, -0.2) is 6.16 Å². The van der Waals surface area contributed by atoms with Crippen molar-refractivity contribution in [3.05, 3.63) is 0 Å². The molecule has 0 aliphatic carbocycles. The predicted molar refractivity (Wildman–Crippen MR) is 45.8 cm³/mol. The van der Waals surface area contributed by atoms with E-state index in [9.17, 15) is 14.4 Å². The second kappa shape index (κ2) is 10.3. The van der Waals surface area contributed by atoms with E-state index in [1.165, 1.54) is 12.8 Å². The van der Waals surface area contributed by atoms with E-state index in [2.05, 4.69) is 6.92 Å². The molecule has 13 heavy (non-hydrogen) atoms. The van der Waals surface area contributed by atoms with Gasteiger partial charge in [0, 0.05) is 0 Å². The zero-order chi connectivity index (χ0) is 9.45. The van der Waals surface area contributed by atoms with E-state index in [1.807, 2.05) is 0 Å². The van der Waals surface area contributed by atoms with E-state index < -0.39 is 7.60 Å². The Balaban J connectivity index is 0. The van der Waals surface area contributed by atoms with Crippen LogP contribution in [0.5, 0.6) is 0 Å². The molecule has 0 N–H and O–H groups in total. The summed E-state index contributed by atoms with van der Waals surface area (Å²) in [4.78, 5) is 20.4. The summed E-state index contributed by atoms with van der Waals surface area (Å²) in [5.41, 5.74) is 0. The molecule has 0 amide bonds. The summed E-state index contributed by atoms with van der Waals surface area (Å²) in [6.45, 7) is 2.13. The van der Waals surface area contributed by atoms with Crippen LogP contribution in [0.1, 0.15) is 45.4 Å². The van der Waals surface area contributed by atoms with Gasteiger partial charge in [-0.1, -0.05) is 46.6 Å². The molecule has 0 aromatic rings. The van der Waals surface area contributed by atoms with Crippen molar-refractivity contribution in [2.45, 2.75) is 45.4 Å². The van der Waals surface area contributed by atoms with E-state index in [1.54, 1.807) is 0 Å². The molecule has 0 spiro atoms. The van der Waals surface area contributed by atoms with E-state index in [4.69, 9.17) is 0 Å². The zero-order valence-corrected chi connectivity index (χ0v) is 12.6. The van der Waals surface area contributed by atoms with Crippen molar-refractivity contribution >= 4 is 7.60 Å². The van der Waals surface area contributed by atoms with Crippen LogP contribution in [0.3, 0.4) is 0 Å². The summed E-state index contributed by atoms with van der Waals surface area (Å²) in [7, 11) is -4.22. The summed E-state index contributed by atoms with van der Waals surface area (Å²) in [6, 6.07) is 0. The monoisotopic (exact) mass is 231 g/mol. The Hall–Kier alpha value is 1.79. The topological polar surface area (TPSA) is 63.2 Å². The minimum atomic E-state index is -4.22. The first-order chi connectivity index (χ1) is 5.56. The van der Waals surface area contributed by atoms with E-state index in [0.717, 1.165) is 19.3 Å². The number of hydrogen-bond donors (Lipinski definition) is 0. The van der Waals surface area contributed by atoms with Crippen LogP contribution in [0.4, 0.5) is 0 Å². The largest absolute Gasteiger partial charge is 1.00 e. The Morgan fingerprint density at radius 3 is 1.92 bits per heavy atom. The van der Waals surface area contributed by atoms with Gasteiger partial charge in [0.1, 0.15) is 0 Å². The Labute approximate surface area is 123 Å². The molecule has 0 unspecified atom stereocenters. The third-order valence-electron chi connectivity index (χ3n) is 1.79. The smallest absolute Gasteiger partial charge is 0.811 e. The normalized spacial score (nSPS) is 11.0. The first-order valence-corrected chi connectivity index (χ1v) is 6.30. The van der Waals surface area contributed by atoms with Crippen LogP contribution < -0.4 is 61.2 Å². The molecular weight excluding hydrogens is 214 g/mol. The van der Waals surface area contributed by atoms with Gasteiger partial charge in [-0.3, -0.25) is 0 Å². The molecule has 0 fully saturated rings. The first-order valence-electron chi connectivity index (χ1n) is 4.57. The van der Waals surface area contributed by atoms with Crippen molar-refractivity contribution in [1.29, 1.82) is 0 Å². The first kappa shape index (κ1) is 17.2. The summed E-state index contributed by atoms with van der Waals surface area (Å²) < 4.78 is 10.2. The third-order valence-corrected chi connectivity index (χ3v) is 2.65. The summed E-state index contributed by atoms with van der Waals surface area (Å²) in [5, 5.41) is 0. The maximum Gasteiger partial charge on any atom is 1.00 e.